The van der Waals surface area contributed by atoms with Crippen LogP contribution < -0.4 is 26.0 Å². The molecule has 0 spiro atoms. The van der Waals surface area contributed by atoms with Gasteiger partial charge in [0.2, 0.25) is 0 Å². The molecule has 4 aromatic rings. The lowest BCUT2D eigenvalue weighted by molar-refractivity contribution is -0.274. The maximum atomic E-state index is 12.6. The summed E-state index contributed by atoms with van der Waals surface area (Å²) < 4.78 is 41.6. The molecule has 0 radical (unpaired) electrons. The molecule has 2 aromatic heterocycles. The number of aromatic nitrogens is 3. The van der Waals surface area contributed by atoms with Crippen LogP contribution in [-0.4, -0.2) is 27.3 Å². The normalized spacial score (nSPS) is 10.9. The number of amides is 2. The standard InChI is InChI=1S/C24H20F3N7O2/c1-15-10-11-28-20(12-15)34-22-13-21(29-14-30-22)31-16-6-8-17(9-7-16)32-23(35)33-18-4-2-3-5-19(18)36-24(25,26)27/h2-14H,1H3,(H2,32,33,35)(H2,28,29,30,31,34). The summed E-state index contributed by atoms with van der Waals surface area (Å²) in [5, 5.41) is 11.1. The van der Waals surface area contributed by atoms with Crippen molar-refractivity contribution in [1.29, 1.82) is 0 Å². The van der Waals surface area contributed by atoms with Crippen LogP contribution in [0.2, 0.25) is 0 Å². The van der Waals surface area contributed by atoms with Gasteiger partial charge in [0.15, 0.2) is 5.75 Å². The van der Waals surface area contributed by atoms with E-state index in [0.717, 1.165) is 11.6 Å². The average molecular weight is 495 g/mol. The number of anilines is 6. The SMILES string of the molecule is Cc1ccnc(Nc2cc(Nc3ccc(NC(=O)Nc4ccccc4OC(F)(F)F)cc3)ncn2)c1. The lowest BCUT2D eigenvalue weighted by Crippen LogP contribution is -2.22. The molecular formula is C24H20F3N7O2. The molecule has 2 amide bonds. The van der Waals surface area contributed by atoms with Crippen molar-refractivity contribution in [2.45, 2.75) is 13.3 Å². The summed E-state index contributed by atoms with van der Waals surface area (Å²) in [5.41, 5.74) is 2.03. The van der Waals surface area contributed by atoms with Gasteiger partial charge in [-0.3, -0.25) is 0 Å². The molecule has 9 nitrogen and oxygen atoms in total. The fourth-order valence-corrected chi connectivity index (χ4v) is 3.08. The minimum Gasteiger partial charge on any atom is -0.404 e. The van der Waals surface area contributed by atoms with Gasteiger partial charge in [-0.25, -0.2) is 19.7 Å². The van der Waals surface area contributed by atoms with Gasteiger partial charge < -0.3 is 26.0 Å². The molecule has 36 heavy (non-hydrogen) atoms. The van der Waals surface area contributed by atoms with Gasteiger partial charge in [-0.05, 0) is 61.0 Å². The number of urea groups is 1. The number of hydrogen-bond donors (Lipinski definition) is 4. The zero-order valence-corrected chi connectivity index (χ0v) is 18.8. The fourth-order valence-electron chi connectivity index (χ4n) is 3.08. The summed E-state index contributed by atoms with van der Waals surface area (Å²) in [6.45, 7) is 1.96. The van der Waals surface area contributed by atoms with Crippen molar-refractivity contribution >= 4 is 40.5 Å². The predicted octanol–water partition coefficient (Wildman–Crippen LogP) is 6.21. The zero-order valence-electron chi connectivity index (χ0n) is 18.8. The molecule has 0 aliphatic heterocycles. The third-order valence-corrected chi connectivity index (χ3v) is 4.61. The zero-order chi connectivity index (χ0) is 25.5. The van der Waals surface area contributed by atoms with Gasteiger partial charge in [0.25, 0.3) is 0 Å². The van der Waals surface area contributed by atoms with Gasteiger partial charge in [-0.2, -0.15) is 0 Å². The Balaban J connectivity index is 1.35. The van der Waals surface area contributed by atoms with Gasteiger partial charge in [-0.1, -0.05) is 12.1 Å². The Hall–Kier alpha value is -4.87. The van der Waals surface area contributed by atoms with Gasteiger partial charge >= 0.3 is 12.4 Å². The summed E-state index contributed by atoms with van der Waals surface area (Å²) in [4.78, 5) is 24.9. The monoisotopic (exact) mass is 495 g/mol. The molecule has 0 aliphatic carbocycles. The van der Waals surface area contributed by atoms with Crippen LogP contribution in [0.1, 0.15) is 5.56 Å². The number of alkyl halides is 3. The quantitative estimate of drug-likeness (QED) is 0.241. The van der Waals surface area contributed by atoms with Crippen LogP contribution in [0.5, 0.6) is 5.75 Å². The molecule has 2 heterocycles. The Labute approximate surface area is 203 Å². The lowest BCUT2D eigenvalue weighted by Gasteiger charge is -2.14. The molecule has 4 rings (SSSR count). The van der Waals surface area contributed by atoms with Crippen molar-refractivity contribution in [2.75, 3.05) is 21.3 Å². The van der Waals surface area contributed by atoms with E-state index in [1.54, 1.807) is 36.5 Å². The summed E-state index contributed by atoms with van der Waals surface area (Å²) in [5.74, 6) is 1.22. The van der Waals surface area contributed by atoms with Crippen LogP contribution in [-0.2, 0) is 0 Å². The summed E-state index contributed by atoms with van der Waals surface area (Å²) in [7, 11) is 0. The molecule has 12 heteroatoms. The summed E-state index contributed by atoms with van der Waals surface area (Å²) >= 11 is 0. The molecule has 4 N–H and O–H groups in total. The fraction of sp³-hybridized carbons (Fsp3) is 0.0833. The number of para-hydroxylation sites is 2. The first kappa shape index (κ1) is 24.3. The molecule has 0 atom stereocenters. The minimum atomic E-state index is -4.88. The van der Waals surface area contributed by atoms with Gasteiger partial charge in [0, 0.05) is 23.6 Å². The maximum Gasteiger partial charge on any atom is 0.573 e. The van der Waals surface area contributed by atoms with Crippen molar-refractivity contribution < 1.29 is 22.7 Å². The highest BCUT2D eigenvalue weighted by Crippen LogP contribution is 2.30. The van der Waals surface area contributed by atoms with Crippen LogP contribution in [0, 0.1) is 6.92 Å². The number of pyridine rings is 1. The van der Waals surface area contributed by atoms with Crippen molar-refractivity contribution in [1.82, 2.24) is 15.0 Å². The Bertz CT molecular complexity index is 1350. The van der Waals surface area contributed by atoms with Crippen LogP contribution in [0.15, 0.2) is 79.3 Å². The van der Waals surface area contributed by atoms with Crippen molar-refractivity contribution in [2.24, 2.45) is 0 Å². The van der Waals surface area contributed by atoms with E-state index in [2.05, 4.69) is 41.0 Å². The maximum absolute atomic E-state index is 12.6. The topological polar surface area (TPSA) is 113 Å². The van der Waals surface area contributed by atoms with Crippen molar-refractivity contribution in [3.63, 3.8) is 0 Å². The molecule has 184 valence electrons. The second kappa shape index (κ2) is 10.6. The molecule has 0 saturated carbocycles. The number of ether oxygens (including phenoxy) is 1. The van der Waals surface area contributed by atoms with Gasteiger partial charge in [0.05, 0.1) is 5.69 Å². The Morgan fingerprint density at radius 3 is 2.19 bits per heavy atom. The van der Waals surface area contributed by atoms with E-state index in [4.69, 9.17) is 0 Å². The number of benzene rings is 2. The van der Waals surface area contributed by atoms with E-state index >= 15 is 0 Å². The molecule has 0 fully saturated rings. The molecular weight excluding hydrogens is 475 g/mol. The summed E-state index contributed by atoms with van der Waals surface area (Å²) in [6, 6.07) is 16.7. The van der Waals surface area contributed by atoms with Gasteiger partial charge in [0.1, 0.15) is 23.8 Å². The first-order chi connectivity index (χ1) is 17.2. The minimum absolute atomic E-state index is 0.125. The number of hydrogen-bond acceptors (Lipinski definition) is 7. The second-order valence-electron chi connectivity index (χ2n) is 7.46. The molecule has 0 unspecified atom stereocenters. The largest absolute Gasteiger partial charge is 0.573 e. The number of nitrogens with one attached hydrogen (secondary N) is 4. The lowest BCUT2D eigenvalue weighted by atomic mass is 10.2. The van der Waals surface area contributed by atoms with Crippen LogP contribution in [0.3, 0.4) is 0 Å². The molecule has 0 saturated heterocycles. The highest BCUT2D eigenvalue weighted by Gasteiger charge is 2.32. The Morgan fingerprint density at radius 2 is 1.47 bits per heavy atom. The van der Waals surface area contributed by atoms with E-state index < -0.39 is 18.1 Å². The second-order valence-corrected chi connectivity index (χ2v) is 7.46. The molecule has 2 aromatic carbocycles. The number of carbonyl (C=O) groups excluding carboxylic acids is 1. The van der Waals surface area contributed by atoms with E-state index in [9.17, 15) is 18.0 Å². The first-order valence-electron chi connectivity index (χ1n) is 10.6. The Kier molecular flexibility index (Phi) is 7.14. The number of aryl methyl sites for hydroxylation is 1. The molecule has 0 aliphatic rings. The van der Waals surface area contributed by atoms with E-state index in [1.807, 2.05) is 19.1 Å². The summed E-state index contributed by atoms with van der Waals surface area (Å²) in [6.07, 6.45) is -1.78. The number of carbonyl (C=O) groups is 1. The number of nitrogens with zero attached hydrogens (tertiary/aromatic N) is 3. The van der Waals surface area contributed by atoms with Crippen LogP contribution in [0.25, 0.3) is 0 Å². The average Bonchev–Trinajstić information content (AvgIpc) is 2.81. The Morgan fingerprint density at radius 1 is 0.806 bits per heavy atom. The van der Waals surface area contributed by atoms with E-state index in [-0.39, 0.29) is 5.69 Å². The highest BCUT2D eigenvalue weighted by atomic mass is 19.4. The molecule has 0 bridgehead atoms. The first-order valence-corrected chi connectivity index (χ1v) is 10.6. The third kappa shape index (κ3) is 7.06. The predicted molar refractivity (Wildman–Crippen MR) is 130 cm³/mol. The number of halogens is 3. The van der Waals surface area contributed by atoms with Gasteiger partial charge in [-0.15, -0.1) is 13.2 Å². The van der Waals surface area contributed by atoms with Crippen LogP contribution in [0.4, 0.5) is 52.5 Å². The number of rotatable bonds is 7. The van der Waals surface area contributed by atoms with Crippen LogP contribution >= 0.6 is 0 Å². The van der Waals surface area contributed by atoms with Crippen molar-refractivity contribution in [3.8, 4) is 5.75 Å². The van der Waals surface area contributed by atoms with Crippen molar-refractivity contribution in [3.05, 3.63) is 84.8 Å². The van der Waals surface area contributed by atoms with E-state index in [1.165, 1.54) is 24.5 Å². The third-order valence-electron chi connectivity index (χ3n) is 4.61. The smallest absolute Gasteiger partial charge is 0.404 e. The van der Waals surface area contributed by atoms with E-state index in [0.29, 0.717) is 28.8 Å². The highest BCUT2D eigenvalue weighted by molar-refractivity contribution is 6.00.